The maximum absolute atomic E-state index is 13.6. The zero-order valence-electron chi connectivity index (χ0n) is 19.3. The van der Waals surface area contributed by atoms with Crippen LogP contribution in [-0.2, 0) is 10.0 Å². The third kappa shape index (κ3) is 4.04. The van der Waals surface area contributed by atoms with Gasteiger partial charge in [0.05, 0.1) is 11.6 Å². The molecule has 0 amide bonds. The van der Waals surface area contributed by atoms with Crippen LogP contribution in [0.25, 0.3) is 21.9 Å². The van der Waals surface area contributed by atoms with Gasteiger partial charge in [-0.1, -0.05) is 18.2 Å². The van der Waals surface area contributed by atoms with E-state index in [0.29, 0.717) is 16.9 Å². The number of aliphatic hydroxyl groups excluding tert-OH is 1. The number of piperidine rings is 1. The highest BCUT2D eigenvalue weighted by atomic mass is 32.2. The van der Waals surface area contributed by atoms with Gasteiger partial charge in [0, 0.05) is 53.8 Å². The van der Waals surface area contributed by atoms with E-state index in [2.05, 4.69) is 25.2 Å². The summed E-state index contributed by atoms with van der Waals surface area (Å²) in [5, 5.41) is 14.3. The van der Waals surface area contributed by atoms with Crippen LogP contribution in [-0.4, -0.2) is 51.6 Å². The topological polar surface area (TPSA) is 113 Å². The van der Waals surface area contributed by atoms with E-state index in [4.69, 9.17) is 0 Å². The second-order valence-corrected chi connectivity index (χ2v) is 10.6. The van der Waals surface area contributed by atoms with Crippen LogP contribution in [0.2, 0.25) is 0 Å². The summed E-state index contributed by atoms with van der Waals surface area (Å²) in [5.74, 6) is 0.294. The Morgan fingerprint density at radius 1 is 0.917 bits per heavy atom. The molecule has 0 atom stereocenters. The van der Waals surface area contributed by atoms with Crippen molar-refractivity contribution in [2.45, 2.75) is 23.8 Å². The maximum atomic E-state index is 13.6. The Hall–Kier alpha value is -4.02. The standard InChI is InChI=1S/C26H24N6O3S/c33-22-11-14-31(15-12-22)21-8-6-20(7-9-21)29-26-28-17-19-10-16-32(25(19)30-26)36(34,35)23-5-1-3-18-4-2-13-27-24(18)23/h1-10,13,16-17,22,33H,11-12,14-15H2,(H,28,29,30). The molecule has 182 valence electrons. The Labute approximate surface area is 208 Å². The first-order valence-corrected chi connectivity index (χ1v) is 13.2. The van der Waals surface area contributed by atoms with Crippen molar-refractivity contribution in [1.29, 1.82) is 0 Å². The molecule has 0 spiro atoms. The lowest BCUT2D eigenvalue weighted by atomic mass is 10.1. The van der Waals surface area contributed by atoms with E-state index in [1.54, 1.807) is 36.7 Å². The molecule has 1 aliphatic heterocycles. The molecule has 1 saturated heterocycles. The highest BCUT2D eigenvalue weighted by molar-refractivity contribution is 7.90. The van der Waals surface area contributed by atoms with Gasteiger partial charge >= 0.3 is 0 Å². The van der Waals surface area contributed by atoms with Gasteiger partial charge in [-0.05, 0) is 55.3 Å². The average molecular weight is 501 g/mol. The predicted molar refractivity (Wildman–Crippen MR) is 139 cm³/mol. The van der Waals surface area contributed by atoms with E-state index in [0.717, 1.165) is 42.7 Å². The van der Waals surface area contributed by atoms with E-state index in [-0.39, 0.29) is 16.6 Å². The molecule has 10 heteroatoms. The van der Waals surface area contributed by atoms with Crippen molar-refractivity contribution in [2.75, 3.05) is 23.3 Å². The monoisotopic (exact) mass is 500 g/mol. The number of hydrogen-bond acceptors (Lipinski definition) is 8. The first-order valence-electron chi connectivity index (χ1n) is 11.7. The maximum Gasteiger partial charge on any atom is 0.271 e. The number of fused-ring (bicyclic) bond motifs is 2. The van der Waals surface area contributed by atoms with Crippen LogP contribution in [0.5, 0.6) is 0 Å². The first-order chi connectivity index (χ1) is 17.5. The van der Waals surface area contributed by atoms with E-state index >= 15 is 0 Å². The molecule has 36 heavy (non-hydrogen) atoms. The molecule has 2 aromatic carbocycles. The zero-order chi connectivity index (χ0) is 24.7. The molecule has 0 radical (unpaired) electrons. The Morgan fingerprint density at radius 2 is 1.69 bits per heavy atom. The lowest BCUT2D eigenvalue weighted by Crippen LogP contribution is -2.35. The molecular weight excluding hydrogens is 476 g/mol. The number of aromatic nitrogens is 4. The number of rotatable bonds is 5. The number of anilines is 3. The highest BCUT2D eigenvalue weighted by Gasteiger charge is 2.23. The van der Waals surface area contributed by atoms with Crippen LogP contribution in [0.1, 0.15) is 12.8 Å². The third-order valence-electron chi connectivity index (χ3n) is 6.48. The normalized spacial score (nSPS) is 15.0. The lowest BCUT2D eigenvalue weighted by Gasteiger charge is -2.31. The summed E-state index contributed by atoms with van der Waals surface area (Å²) >= 11 is 0. The summed E-state index contributed by atoms with van der Waals surface area (Å²) in [6.45, 7) is 1.65. The van der Waals surface area contributed by atoms with Gasteiger partial charge in [0.25, 0.3) is 10.0 Å². The number of pyridine rings is 1. The SMILES string of the molecule is O=S(=O)(c1cccc2cccnc12)n1ccc2cnc(Nc3ccc(N4CCC(O)CC4)cc3)nc21. The summed E-state index contributed by atoms with van der Waals surface area (Å²) in [6.07, 6.45) is 6.00. The smallest absolute Gasteiger partial charge is 0.271 e. The van der Waals surface area contributed by atoms with Crippen LogP contribution in [0, 0.1) is 0 Å². The Balaban J connectivity index is 1.30. The van der Waals surface area contributed by atoms with E-state index in [1.807, 2.05) is 36.4 Å². The molecular formula is C26H24N6O3S. The van der Waals surface area contributed by atoms with Gasteiger partial charge in [-0.15, -0.1) is 0 Å². The number of aliphatic hydroxyl groups is 1. The quantitative estimate of drug-likeness (QED) is 0.373. The minimum Gasteiger partial charge on any atom is -0.393 e. The molecule has 1 aliphatic rings. The molecule has 3 aromatic heterocycles. The van der Waals surface area contributed by atoms with Crippen LogP contribution in [0.15, 0.2) is 84.1 Å². The van der Waals surface area contributed by atoms with Crippen LogP contribution < -0.4 is 10.2 Å². The van der Waals surface area contributed by atoms with Gasteiger partial charge < -0.3 is 15.3 Å². The van der Waals surface area contributed by atoms with Gasteiger partial charge in [-0.2, -0.15) is 4.98 Å². The first kappa shape index (κ1) is 22.4. The second-order valence-electron chi connectivity index (χ2n) is 8.81. The molecule has 0 bridgehead atoms. The molecule has 5 aromatic rings. The Bertz CT molecular complexity index is 1650. The van der Waals surface area contributed by atoms with Gasteiger partial charge in [-0.3, -0.25) is 4.98 Å². The van der Waals surface area contributed by atoms with Crippen LogP contribution in [0.3, 0.4) is 0 Å². The van der Waals surface area contributed by atoms with Crippen molar-refractivity contribution in [2.24, 2.45) is 0 Å². The molecule has 0 saturated carbocycles. The highest BCUT2D eigenvalue weighted by Crippen LogP contribution is 2.27. The van der Waals surface area contributed by atoms with Crippen molar-refractivity contribution >= 4 is 49.3 Å². The fraction of sp³-hybridized carbons (Fsp3) is 0.192. The van der Waals surface area contributed by atoms with Crippen LogP contribution >= 0.6 is 0 Å². The van der Waals surface area contributed by atoms with Gasteiger partial charge in [0.2, 0.25) is 5.95 Å². The van der Waals surface area contributed by atoms with Crippen molar-refractivity contribution < 1.29 is 13.5 Å². The Kier molecular flexibility index (Phi) is 5.54. The van der Waals surface area contributed by atoms with Crippen molar-refractivity contribution in [3.05, 3.63) is 79.3 Å². The minimum absolute atomic E-state index is 0.118. The molecule has 0 aliphatic carbocycles. The molecule has 0 unspecified atom stereocenters. The summed E-state index contributed by atoms with van der Waals surface area (Å²) in [7, 11) is -3.95. The fourth-order valence-electron chi connectivity index (χ4n) is 4.55. The number of nitrogens with zero attached hydrogens (tertiary/aromatic N) is 5. The van der Waals surface area contributed by atoms with Gasteiger partial charge in [-0.25, -0.2) is 17.4 Å². The summed E-state index contributed by atoms with van der Waals surface area (Å²) < 4.78 is 28.4. The summed E-state index contributed by atoms with van der Waals surface area (Å²) in [5.41, 5.74) is 2.57. The zero-order valence-corrected chi connectivity index (χ0v) is 20.1. The summed E-state index contributed by atoms with van der Waals surface area (Å²) in [6, 6.07) is 18.3. The minimum atomic E-state index is -3.95. The average Bonchev–Trinajstić information content (AvgIpc) is 3.33. The molecule has 9 nitrogen and oxygen atoms in total. The van der Waals surface area contributed by atoms with Crippen molar-refractivity contribution in [1.82, 2.24) is 18.9 Å². The van der Waals surface area contributed by atoms with E-state index in [1.165, 1.54) is 10.2 Å². The largest absolute Gasteiger partial charge is 0.393 e. The van der Waals surface area contributed by atoms with E-state index < -0.39 is 10.0 Å². The van der Waals surface area contributed by atoms with E-state index in [9.17, 15) is 13.5 Å². The van der Waals surface area contributed by atoms with Crippen LogP contribution in [0.4, 0.5) is 17.3 Å². The van der Waals surface area contributed by atoms with Gasteiger partial charge in [0.1, 0.15) is 4.90 Å². The number of hydrogen-bond donors (Lipinski definition) is 2. The van der Waals surface area contributed by atoms with Crippen molar-refractivity contribution in [3.63, 3.8) is 0 Å². The number of nitrogens with one attached hydrogen (secondary N) is 1. The summed E-state index contributed by atoms with van der Waals surface area (Å²) in [4.78, 5) is 15.6. The number of benzene rings is 2. The second kappa shape index (κ2) is 8.89. The third-order valence-corrected chi connectivity index (χ3v) is 8.18. The number of para-hydroxylation sites is 1. The molecule has 6 rings (SSSR count). The fourth-order valence-corrected chi connectivity index (χ4v) is 6.02. The van der Waals surface area contributed by atoms with Gasteiger partial charge in [0.15, 0.2) is 5.65 Å². The lowest BCUT2D eigenvalue weighted by molar-refractivity contribution is 0.145. The van der Waals surface area contributed by atoms with Crippen molar-refractivity contribution in [3.8, 4) is 0 Å². The molecule has 2 N–H and O–H groups in total. The Morgan fingerprint density at radius 3 is 2.50 bits per heavy atom. The predicted octanol–water partition coefficient (Wildman–Crippen LogP) is 3.92. The molecule has 1 fully saturated rings. The molecule has 4 heterocycles.